The van der Waals surface area contributed by atoms with Gasteiger partial charge in [0.1, 0.15) is 17.1 Å². The van der Waals surface area contributed by atoms with E-state index in [1.807, 2.05) is 0 Å². The Hall–Kier alpha value is -6.08. The van der Waals surface area contributed by atoms with Gasteiger partial charge < -0.3 is 36.6 Å². The molecule has 3 atom stereocenters. The molecule has 0 fully saturated rings. The van der Waals surface area contributed by atoms with E-state index < -0.39 is 86.4 Å². The number of phenolic OH excluding ortho intramolecular Hbond substituents is 2. The first kappa shape index (κ1) is 36.8. The first-order valence-electron chi connectivity index (χ1n) is 14.1. The average Bonchev–Trinajstić information content (AvgIpc) is 3.01. The minimum Gasteiger partial charge on any atom is -0.508 e. The number of carboxylic acid groups (broad SMARTS) is 1. The molecule has 2 aliphatic rings. The number of alkyl halides is 3. The first-order valence-corrected chi connectivity index (χ1v) is 14.1. The summed E-state index contributed by atoms with van der Waals surface area (Å²) in [4.78, 5) is 72.7. The van der Waals surface area contributed by atoms with Crippen LogP contribution in [0.2, 0.25) is 0 Å². The summed E-state index contributed by atoms with van der Waals surface area (Å²) in [6.07, 6.45) is -5.27. The lowest BCUT2D eigenvalue weighted by Crippen LogP contribution is -2.64. The summed E-state index contributed by atoms with van der Waals surface area (Å²) in [7, 11) is 3.00. The molecule has 0 heterocycles. The average molecular weight is 705 g/mol. The van der Waals surface area contributed by atoms with Gasteiger partial charge in [-0.2, -0.15) is 13.2 Å². The number of aryl methyl sites for hydroxylation is 1. The number of aliphatic hydroxyl groups excluding tert-OH is 1. The summed E-state index contributed by atoms with van der Waals surface area (Å²) in [5, 5.41) is 65.7. The van der Waals surface area contributed by atoms with Gasteiger partial charge in [-0.3, -0.25) is 34.2 Å². The predicted molar refractivity (Wildman–Crippen MR) is 165 cm³/mol. The highest BCUT2D eigenvalue weighted by Gasteiger charge is 2.62. The quantitative estimate of drug-likeness (QED) is 0.0870. The van der Waals surface area contributed by atoms with Crippen molar-refractivity contribution in [3.63, 3.8) is 0 Å². The summed E-state index contributed by atoms with van der Waals surface area (Å²) in [6, 6.07) is 6.31. The predicted octanol–water partition coefficient (Wildman–Crippen LogP) is 2.25. The third kappa shape index (κ3) is 5.92. The van der Waals surface area contributed by atoms with Gasteiger partial charge in [0.25, 0.3) is 17.5 Å². The Labute approximate surface area is 278 Å². The zero-order valence-electron chi connectivity index (χ0n) is 26.0. The van der Waals surface area contributed by atoms with Crippen LogP contribution in [0.1, 0.15) is 31.8 Å². The summed E-state index contributed by atoms with van der Waals surface area (Å²) in [5.41, 5.74) is 1.46. The van der Waals surface area contributed by atoms with E-state index in [1.165, 1.54) is 43.3 Å². The number of ketones is 2. The normalized spacial score (nSPS) is 20.1. The van der Waals surface area contributed by atoms with Gasteiger partial charge in [-0.15, -0.1) is 0 Å². The van der Waals surface area contributed by atoms with Crippen LogP contribution in [-0.2, 0) is 20.8 Å². The van der Waals surface area contributed by atoms with Crippen LogP contribution in [0.5, 0.6) is 11.5 Å². The molecule has 3 aromatic rings. The highest BCUT2D eigenvalue weighted by molar-refractivity contribution is 6.25. The van der Waals surface area contributed by atoms with Gasteiger partial charge in [0.05, 0.1) is 27.6 Å². The SMILES string of the molecule is Cc1c2c(c(O)c3c(O)c(NC(=O)c4ccc([N+](=O)[O-])cc4)ccc13)C(=O)[C@]1(O)C(O)=C(C(N)=O)C(=O)[C@@H](N(C)C)[C@@H]1C2.O=C(O)C(F)(F)F. The molecule has 16 nitrogen and oxygen atoms in total. The number of Topliss-reactive ketones (excluding diaryl/α,β-unsaturated/α-hetero) is 2. The van der Waals surface area contributed by atoms with Gasteiger partial charge in [0, 0.05) is 23.6 Å². The number of halogens is 3. The van der Waals surface area contributed by atoms with E-state index in [1.54, 1.807) is 6.92 Å². The summed E-state index contributed by atoms with van der Waals surface area (Å²) >= 11 is 0. The number of nitrogens with one attached hydrogen (secondary N) is 1. The number of aromatic hydroxyl groups is 2. The van der Waals surface area contributed by atoms with Crippen LogP contribution >= 0.6 is 0 Å². The van der Waals surface area contributed by atoms with E-state index in [9.17, 15) is 62.9 Å². The third-order valence-corrected chi connectivity index (χ3v) is 8.47. The van der Waals surface area contributed by atoms with Crippen molar-refractivity contribution in [1.29, 1.82) is 0 Å². The molecular formula is C31H27F3N4O12. The van der Waals surface area contributed by atoms with Crippen molar-refractivity contribution in [3.05, 3.63) is 80.1 Å². The molecule has 0 radical (unpaired) electrons. The van der Waals surface area contributed by atoms with Crippen LogP contribution in [0.25, 0.3) is 10.8 Å². The molecule has 19 heteroatoms. The standard InChI is InChI=1S/C29H26N4O10.C2HF3O2/c1-11-14-8-9-17(31-28(40)12-4-6-13(7-5-12)33(42)43)22(34)18(14)23(35)19-15(11)10-16-21(32(2)3)24(36)20(27(30)39)26(38)29(16,41)25(19)37;3-2(4,5)1(6)7/h4-9,16,21,34-35,38,41H,10H2,1-3H3,(H2,30,39)(H,31,40);(H,6,7)/t16-,21-,29-;/m0./s1. The van der Waals surface area contributed by atoms with Gasteiger partial charge in [-0.1, -0.05) is 6.07 Å². The van der Waals surface area contributed by atoms with E-state index in [4.69, 9.17) is 15.6 Å². The van der Waals surface area contributed by atoms with E-state index in [0.29, 0.717) is 10.9 Å². The van der Waals surface area contributed by atoms with Gasteiger partial charge >= 0.3 is 12.1 Å². The smallest absolute Gasteiger partial charge is 0.490 e. The number of likely N-dealkylation sites (N-methyl/N-ethyl adjacent to an activating group) is 1. The van der Waals surface area contributed by atoms with E-state index in [2.05, 4.69) is 5.32 Å². The number of aliphatic hydroxyl groups is 2. The van der Waals surface area contributed by atoms with E-state index >= 15 is 0 Å². The van der Waals surface area contributed by atoms with Crippen molar-refractivity contribution < 1.29 is 67.6 Å². The lowest BCUT2D eigenvalue weighted by molar-refractivity contribution is -0.384. The fraction of sp³-hybridized carbons (Fsp3) is 0.258. The topological polar surface area (TPSA) is 271 Å². The highest BCUT2D eigenvalue weighted by atomic mass is 19.4. The lowest BCUT2D eigenvalue weighted by atomic mass is 9.61. The lowest BCUT2D eigenvalue weighted by Gasteiger charge is -2.47. The van der Waals surface area contributed by atoms with Crippen molar-refractivity contribution >= 4 is 51.5 Å². The van der Waals surface area contributed by atoms with Crippen molar-refractivity contribution in [2.75, 3.05) is 19.4 Å². The number of aliphatic carboxylic acids is 1. The monoisotopic (exact) mass is 704 g/mol. The number of nitro benzene ring substituents is 1. The number of carboxylic acids is 1. The largest absolute Gasteiger partial charge is 0.508 e. The summed E-state index contributed by atoms with van der Waals surface area (Å²) in [5.74, 6) is -10.8. The number of carbonyl (C=O) groups excluding carboxylic acids is 4. The Kier molecular flexibility index (Phi) is 9.37. The Balaban J connectivity index is 0.000000727. The van der Waals surface area contributed by atoms with Gasteiger partial charge in [0.2, 0.25) is 5.78 Å². The van der Waals surface area contributed by atoms with Crippen LogP contribution in [-0.4, -0.2) is 96.6 Å². The Morgan fingerprint density at radius 2 is 1.60 bits per heavy atom. The Bertz CT molecular complexity index is 2040. The molecule has 50 heavy (non-hydrogen) atoms. The summed E-state index contributed by atoms with van der Waals surface area (Å²) in [6.45, 7) is 1.60. The number of anilines is 1. The number of amides is 2. The second kappa shape index (κ2) is 12.7. The number of rotatable bonds is 5. The van der Waals surface area contributed by atoms with Crippen molar-refractivity contribution in [2.24, 2.45) is 11.7 Å². The molecule has 0 unspecified atom stereocenters. The van der Waals surface area contributed by atoms with E-state index in [0.717, 1.165) is 12.1 Å². The maximum absolute atomic E-state index is 14.0. The molecule has 8 N–H and O–H groups in total. The molecular weight excluding hydrogens is 677 g/mol. The number of hydrogen-bond acceptors (Lipinski definition) is 12. The number of nitrogens with zero attached hydrogens (tertiary/aromatic N) is 2. The molecule has 0 saturated heterocycles. The van der Waals surface area contributed by atoms with Gasteiger partial charge in [-0.05, 0) is 62.2 Å². The van der Waals surface area contributed by atoms with Crippen molar-refractivity contribution in [1.82, 2.24) is 4.90 Å². The zero-order chi connectivity index (χ0) is 37.8. The van der Waals surface area contributed by atoms with Gasteiger partial charge in [0.15, 0.2) is 17.1 Å². The summed E-state index contributed by atoms with van der Waals surface area (Å²) < 4.78 is 31.7. The second-order valence-corrected chi connectivity index (χ2v) is 11.5. The van der Waals surface area contributed by atoms with Crippen LogP contribution in [0.3, 0.4) is 0 Å². The molecule has 0 spiro atoms. The number of nitro groups is 1. The van der Waals surface area contributed by atoms with Crippen LogP contribution in [0.4, 0.5) is 24.5 Å². The van der Waals surface area contributed by atoms with Crippen LogP contribution in [0, 0.1) is 23.0 Å². The highest BCUT2D eigenvalue weighted by Crippen LogP contribution is 2.51. The molecule has 2 amide bonds. The number of nitrogens with two attached hydrogens (primary N) is 1. The van der Waals surface area contributed by atoms with E-state index in [-0.39, 0.29) is 34.3 Å². The fourth-order valence-electron chi connectivity index (χ4n) is 6.11. The first-order chi connectivity index (χ1) is 23.1. The molecule has 0 aromatic heterocycles. The number of fused-ring (bicyclic) bond motifs is 3. The van der Waals surface area contributed by atoms with Crippen molar-refractivity contribution in [3.8, 4) is 11.5 Å². The number of carbonyl (C=O) groups is 5. The number of hydrogen-bond donors (Lipinski definition) is 7. The van der Waals surface area contributed by atoms with Crippen molar-refractivity contribution in [2.45, 2.75) is 31.2 Å². The zero-order valence-corrected chi connectivity index (χ0v) is 26.0. The third-order valence-electron chi connectivity index (χ3n) is 8.47. The number of primary amides is 1. The second-order valence-electron chi connectivity index (χ2n) is 11.5. The molecule has 0 bridgehead atoms. The maximum Gasteiger partial charge on any atom is 0.490 e. The minimum atomic E-state index is -5.08. The van der Waals surface area contributed by atoms with Crippen LogP contribution < -0.4 is 11.1 Å². The molecule has 5 rings (SSSR count). The maximum atomic E-state index is 14.0. The molecule has 3 aromatic carbocycles. The molecule has 0 aliphatic heterocycles. The minimum absolute atomic E-state index is 0.0363. The molecule has 0 saturated carbocycles. The fourth-order valence-corrected chi connectivity index (χ4v) is 6.11. The van der Waals surface area contributed by atoms with Crippen LogP contribution in [0.15, 0.2) is 47.7 Å². The molecule has 264 valence electrons. The Morgan fingerprint density at radius 1 is 1.04 bits per heavy atom. The number of phenols is 2. The number of non-ortho nitro benzene ring substituents is 1. The molecule has 2 aliphatic carbocycles. The number of benzene rings is 3. The van der Waals surface area contributed by atoms with Gasteiger partial charge in [-0.25, -0.2) is 4.79 Å². The Morgan fingerprint density at radius 3 is 2.08 bits per heavy atom.